The Bertz CT molecular complexity index is 327. The first kappa shape index (κ1) is 11.9. The van der Waals surface area contributed by atoms with Gasteiger partial charge >= 0.3 is 0 Å². The van der Waals surface area contributed by atoms with Gasteiger partial charge in [0.15, 0.2) is 0 Å². The van der Waals surface area contributed by atoms with Gasteiger partial charge < -0.3 is 9.84 Å². The number of aliphatic hydroxyl groups is 1. The summed E-state index contributed by atoms with van der Waals surface area (Å²) in [7, 11) is 1.33. The summed E-state index contributed by atoms with van der Waals surface area (Å²) in [6.07, 6.45) is -1.14. The van der Waals surface area contributed by atoms with Crippen molar-refractivity contribution in [1.82, 2.24) is 0 Å². The Hall–Kier alpha value is -1.16. The third-order valence-corrected chi connectivity index (χ3v) is 2.22. The van der Waals surface area contributed by atoms with Crippen molar-refractivity contribution in [3.63, 3.8) is 0 Å². The number of hydrogen-bond donors (Lipinski definition) is 1. The van der Waals surface area contributed by atoms with Crippen LogP contribution in [0.4, 0.5) is 8.78 Å². The fourth-order valence-corrected chi connectivity index (χ4v) is 1.29. The normalized spacial score (nSPS) is 13.0. The van der Waals surface area contributed by atoms with E-state index in [0.717, 1.165) is 12.1 Å². The van der Waals surface area contributed by atoms with E-state index in [1.807, 2.05) is 0 Å². The van der Waals surface area contributed by atoms with Gasteiger partial charge in [-0.1, -0.05) is 13.8 Å². The van der Waals surface area contributed by atoms with E-state index >= 15 is 0 Å². The van der Waals surface area contributed by atoms with Crippen molar-refractivity contribution in [2.45, 2.75) is 20.0 Å². The van der Waals surface area contributed by atoms with Crippen LogP contribution in [0.2, 0.25) is 0 Å². The Kier molecular flexibility index (Phi) is 3.63. The monoisotopic (exact) mass is 216 g/mol. The van der Waals surface area contributed by atoms with Gasteiger partial charge in [-0.2, -0.15) is 0 Å². The van der Waals surface area contributed by atoms with Gasteiger partial charge in [-0.3, -0.25) is 0 Å². The number of aliphatic hydroxyl groups excluding tert-OH is 1. The second kappa shape index (κ2) is 4.57. The molecular formula is C11H14F2O2. The minimum Gasteiger partial charge on any atom is -0.497 e. The van der Waals surface area contributed by atoms with E-state index in [1.165, 1.54) is 7.11 Å². The molecule has 1 aromatic carbocycles. The summed E-state index contributed by atoms with van der Waals surface area (Å²) in [5.74, 6) is -1.71. The van der Waals surface area contributed by atoms with Gasteiger partial charge in [0, 0.05) is 12.1 Å². The highest BCUT2D eigenvalue weighted by atomic mass is 19.1. The molecule has 0 amide bonds. The number of rotatable bonds is 3. The third kappa shape index (κ3) is 2.45. The topological polar surface area (TPSA) is 29.5 Å². The molecular weight excluding hydrogens is 202 g/mol. The number of methoxy groups -OCH3 is 1. The van der Waals surface area contributed by atoms with Crippen molar-refractivity contribution in [2.24, 2.45) is 5.92 Å². The molecule has 84 valence electrons. The molecule has 15 heavy (non-hydrogen) atoms. The molecule has 1 N–H and O–H groups in total. The van der Waals surface area contributed by atoms with Gasteiger partial charge in [0.25, 0.3) is 0 Å². The molecule has 0 radical (unpaired) electrons. The van der Waals surface area contributed by atoms with Crippen LogP contribution >= 0.6 is 0 Å². The van der Waals surface area contributed by atoms with Crippen molar-refractivity contribution in [2.75, 3.05) is 7.11 Å². The smallest absolute Gasteiger partial charge is 0.135 e. The van der Waals surface area contributed by atoms with Crippen LogP contribution in [0, 0.1) is 17.6 Å². The van der Waals surface area contributed by atoms with Crippen molar-refractivity contribution in [1.29, 1.82) is 0 Å². The van der Waals surface area contributed by atoms with Crippen LogP contribution in [0.3, 0.4) is 0 Å². The summed E-state index contributed by atoms with van der Waals surface area (Å²) >= 11 is 0. The fraction of sp³-hybridized carbons (Fsp3) is 0.455. The van der Waals surface area contributed by atoms with Crippen molar-refractivity contribution >= 4 is 0 Å². The molecule has 0 saturated heterocycles. The quantitative estimate of drug-likeness (QED) is 0.841. The first-order chi connectivity index (χ1) is 6.97. The fourth-order valence-electron chi connectivity index (χ4n) is 1.29. The first-order valence-electron chi connectivity index (χ1n) is 4.68. The molecule has 1 rings (SSSR count). The maximum atomic E-state index is 13.4. The molecule has 0 spiro atoms. The molecule has 0 heterocycles. The van der Waals surface area contributed by atoms with Crippen LogP contribution in [0.25, 0.3) is 0 Å². The van der Waals surface area contributed by atoms with Gasteiger partial charge in [-0.05, 0) is 5.92 Å². The maximum Gasteiger partial charge on any atom is 0.135 e. The minimum atomic E-state index is -1.14. The van der Waals surface area contributed by atoms with E-state index in [-0.39, 0.29) is 17.2 Å². The SMILES string of the molecule is COc1cc(F)c(C(O)C(C)C)c(F)c1. The van der Waals surface area contributed by atoms with Crippen LogP contribution in [-0.2, 0) is 0 Å². The molecule has 0 aliphatic rings. The highest BCUT2D eigenvalue weighted by Gasteiger charge is 2.21. The Balaban J connectivity index is 3.19. The van der Waals surface area contributed by atoms with Gasteiger partial charge in [0.1, 0.15) is 17.4 Å². The second-order valence-electron chi connectivity index (χ2n) is 3.69. The van der Waals surface area contributed by atoms with Crippen LogP contribution in [0.15, 0.2) is 12.1 Å². The van der Waals surface area contributed by atoms with Crippen molar-refractivity contribution < 1.29 is 18.6 Å². The summed E-state index contributed by atoms with van der Waals surface area (Å²) in [5, 5.41) is 9.60. The lowest BCUT2D eigenvalue weighted by Gasteiger charge is -2.16. The van der Waals surface area contributed by atoms with E-state index in [4.69, 9.17) is 4.74 Å². The van der Waals surface area contributed by atoms with Crippen molar-refractivity contribution in [3.8, 4) is 5.75 Å². The number of halogens is 2. The summed E-state index contributed by atoms with van der Waals surface area (Å²) in [4.78, 5) is 0. The van der Waals surface area contributed by atoms with E-state index in [2.05, 4.69) is 0 Å². The summed E-state index contributed by atoms with van der Waals surface area (Å²) < 4.78 is 31.6. The standard InChI is InChI=1S/C11H14F2O2/c1-6(2)11(14)10-8(12)4-7(15-3)5-9(10)13/h4-6,11,14H,1-3H3. The minimum absolute atomic E-state index is 0.102. The predicted molar refractivity (Wildman–Crippen MR) is 52.7 cm³/mol. The predicted octanol–water partition coefficient (Wildman–Crippen LogP) is 2.66. The third-order valence-electron chi connectivity index (χ3n) is 2.22. The Labute approximate surface area is 87.5 Å². The van der Waals surface area contributed by atoms with E-state index in [1.54, 1.807) is 13.8 Å². The van der Waals surface area contributed by atoms with Crippen LogP contribution < -0.4 is 4.74 Å². The van der Waals surface area contributed by atoms with Crippen molar-refractivity contribution in [3.05, 3.63) is 29.3 Å². The molecule has 0 aliphatic heterocycles. The molecule has 4 heteroatoms. The maximum absolute atomic E-state index is 13.4. The van der Waals surface area contributed by atoms with Gasteiger partial charge in [-0.25, -0.2) is 8.78 Å². The van der Waals surface area contributed by atoms with Gasteiger partial charge in [-0.15, -0.1) is 0 Å². The van der Waals surface area contributed by atoms with Gasteiger partial charge in [0.2, 0.25) is 0 Å². The second-order valence-corrected chi connectivity index (χ2v) is 3.69. The average Bonchev–Trinajstić information content (AvgIpc) is 2.16. The Morgan fingerprint density at radius 1 is 1.20 bits per heavy atom. The van der Waals surface area contributed by atoms with E-state index in [0.29, 0.717) is 0 Å². The molecule has 1 atom stereocenters. The van der Waals surface area contributed by atoms with E-state index < -0.39 is 17.7 Å². The lowest BCUT2D eigenvalue weighted by atomic mass is 9.98. The molecule has 1 aromatic rings. The molecule has 0 saturated carbocycles. The van der Waals surface area contributed by atoms with E-state index in [9.17, 15) is 13.9 Å². The summed E-state index contributed by atoms with van der Waals surface area (Å²) in [6.45, 7) is 3.38. The summed E-state index contributed by atoms with van der Waals surface area (Å²) in [5.41, 5.74) is -0.300. The summed E-state index contributed by atoms with van der Waals surface area (Å²) in [6, 6.07) is 2.12. The lowest BCUT2D eigenvalue weighted by molar-refractivity contribution is 0.118. The molecule has 1 unspecified atom stereocenters. The van der Waals surface area contributed by atoms with Crippen LogP contribution in [0.5, 0.6) is 5.75 Å². The Morgan fingerprint density at radius 3 is 2.00 bits per heavy atom. The zero-order valence-electron chi connectivity index (χ0n) is 8.92. The van der Waals surface area contributed by atoms with Gasteiger partial charge in [0.05, 0.1) is 18.8 Å². The Morgan fingerprint density at radius 2 is 1.67 bits per heavy atom. The highest BCUT2D eigenvalue weighted by Crippen LogP contribution is 2.29. The zero-order chi connectivity index (χ0) is 11.6. The zero-order valence-corrected chi connectivity index (χ0v) is 8.92. The first-order valence-corrected chi connectivity index (χ1v) is 4.68. The molecule has 2 nitrogen and oxygen atoms in total. The van der Waals surface area contributed by atoms with Crippen LogP contribution in [-0.4, -0.2) is 12.2 Å². The molecule has 0 bridgehead atoms. The number of benzene rings is 1. The highest BCUT2D eigenvalue weighted by molar-refractivity contribution is 5.32. The molecule has 0 fully saturated rings. The molecule has 0 aromatic heterocycles. The number of ether oxygens (including phenoxy) is 1. The molecule has 0 aliphatic carbocycles. The largest absolute Gasteiger partial charge is 0.497 e. The number of hydrogen-bond acceptors (Lipinski definition) is 2. The van der Waals surface area contributed by atoms with Crippen LogP contribution in [0.1, 0.15) is 25.5 Å². The average molecular weight is 216 g/mol. The lowest BCUT2D eigenvalue weighted by Crippen LogP contribution is -2.10.